The quantitative estimate of drug-likeness (QED) is 0.527. The molecule has 3 saturated carbocycles. The van der Waals surface area contributed by atoms with Crippen LogP contribution in [0.4, 0.5) is 0 Å². The Morgan fingerprint density at radius 1 is 0.800 bits per heavy atom. The summed E-state index contributed by atoms with van der Waals surface area (Å²) in [6.07, 6.45) is 13.9. The van der Waals surface area contributed by atoms with Crippen LogP contribution in [0.3, 0.4) is 0 Å². The highest BCUT2D eigenvalue weighted by atomic mass is 14.5. The molecule has 20 heavy (non-hydrogen) atoms. The molecule has 3 aliphatic carbocycles. The predicted molar refractivity (Wildman–Crippen MR) is 87.6 cm³/mol. The van der Waals surface area contributed by atoms with Crippen LogP contribution >= 0.6 is 0 Å². The number of fused-ring (bicyclic) bond motifs is 2. The van der Waals surface area contributed by atoms with Crippen LogP contribution in [0, 0.1) is 40.9 Å². The summed E-state index contributed by atoms with van der Waals surface area (Å²) in [6.45, 7) is 10.0. The summed E-state index contributed by atoms with van der Waals surface area (Å²) in [4.78, 5) is 0. The van der Waals surface area contributed by atoms with Gasteiger partial charge in [0.25, 0.3) is 0 Å². The van der Waals surface area contributed by atoms with E-state index in [2.05, 4.69) is 27.7 Å². The Balaban J connectivity index is 1.71. The zero-order valence-electron chi connectivity index (χ0n) is 14.3. The minimum Gasteiger partial charge on any atom is -0.0625 e. The molecule has 0 aromatic carbocycles. The monoisotopic (exact) mass is 276 g/mol. The van der Waals surface area contributed by atoms with Gasteiger partial charge >= 0.3 is 0 Å². The van der Waals surface area contributed by atoms with E-state index in [1.165, 1.54) is 19.3 Å². The Bertz CT molecular complexity index is 327. The molecule has 5 unspecified atom stereocenters. The molecule has 0 radical (unpaired) electrons. The van der Waals surface area contributed by atoms with Crippen LogP contribution in [-0.2, 0) is 0 Å². The van der Waals surface area contributed by atoms with Crippen molar-refractivity contribution in [2.45, 2.75) is 85.5 Å². The summed E-state index contributed by atoms with van der Waals surface area (Å²) < 4.78 is 0. The van der Waals surface area contributed by atoms with Gasteiger partial charge in [0, 0.05) is 0 Å². The smallest absolute Gasteiger partial charge is 0.0323 e. The van der Waals surface area contributed by atoms with E-state index < -0.39 is 0 Å². The second-order valence-electron chi connectivity index (χ2n) is 9.40. The van der Waals surface area contributed by atoms with E-state index in [-0.39, 0.29) is 0 Å². The van der Waals surface area contributed by atoms with Crippen molar-refractivity contribution in [3.05, 3.63) is 0 Å². The lowest BCUT2D eigenvalue weighted by molar-refractivity contribution is 0.0610. The number of rotatable bonds is 1. The molecule has 116 valence electrons. The van der Waals surface area contributed by atoms with Crippen molar-refractivity contribution in [2.24, 2.45) is 40.9 Å². The zero-order chi connectivity index (χ0) is 14.3. The number of hydrogen-bond acceptors (Lipinski definition) is 0. The fourth-order valence-corrected chi connectivity index (χ4v) is 6.17. The van der Waals surface area contributed by atoms with Gasteiger partial charge in [0.15, 0.2) is 0 Å². The molecule has 0 spiro atoms. The molecule has 0 heterocycles. The fraction of sp³-hybridized carbons (Fsp3) is 1.00. The van der Waals surface area contributed by atoms with Crippen molar-refractivity contribution < 1.29 is 0 Å². The van der Waals surface area contributed by atoms with E-state index in [0.29, 0.717) is 5.41 Å². The molecule has 3 fully saturated rings. The Hall–Kier alpha value is 0. The van der Waals surface area contributed by atoms with E-state index in [0.717, 1.165) is 35.5 Å². The molecule has 0 aromatic rings. The maximum atomic E-state index is 2.57. The Labute approximate surface area is 127 Å². The molecule has 0 bridgehead atoms. The summed E-state index contributed by atoms with van der Waals surface area (Å²) in [6, 6.07) is 0. The molecule has 0 aromatic heterocycles. The molecule has 0 heteroatoms. The van der Waals surface area contributed by atoms with Crippen LogP contribution < -0.4 is 0 Å². The maximum absolute atomic E-state index is 2.57. The third-order valence-electron chi connectivity index (χ3n) is 7.55. The lowest BCUT2D eigenvalue weighted by Gasteiger charge is -2.44. The molecule has 3 aliphatic rings. The summed E-state index contributed by atoms with van der Waals surface area (Å²) in [7, 11) is 0. The fourth-order valence-electron chi connectivity index (χ4n) is 6.17. The van der Waals surface area contributed by atoms with E-state index in [1.807, 2.05) is 0 Å². The largest absolute Gasteiger partial charge is 0.0625 e. The van der Waals surface area contributed by atoms with Crippen molar-refractivity contribution in [1.82, 2.24) is 0 Å². The first-order chi connectivity index (χ1) is 9.47. The van der Waals surface area contributed by atoms with Gasteiger partial charge in [-0.25, -0.2) is 0 Å². The van der Waals surface area contributed by atoms with Gasteiger partial charge < -0.3 is 0 Å². The van der Waals surface area contributed by atoms with Crippen LogP contribution in [0.15, 0.2) is 0 Å². The minimum absolute atomic E-state index is 0.633. The first-order valence-electron chi connectivity index (χ1n) is 9.47. The van der Waals surface area contributed by atoms with Gasteiger partial charge in [-0.1, -0.05) is 40.5 Å². The van der Waals surface area contributed by atoms with E-state index in [9.17, 15) is 0 Å². The van der Waals surface area contributed by atoms with E-state index in [1.54, 1.807) is 38.5 Å². The highest BCUT2D eigenvalue weighted by Crippen LogP contribution is 2.54. The normalized spacial score (nSPS) is 44.5. The number of hydrogen-bond donors (Lipinski definition) is 0. The van der Waals surface area contributed by atoms with Crippen LogP contribution in [0.2, 0.25) is 0 Å². The average molecular weight is 277 g/mol. The Morgan fingerprint density at radius 3 is 2.25 bits per heavy atom. The van der Waals surface area contributed by atoms with Gasteiger partial charge in [-0.05, 0) is 85.9 Å². The van der Waals surface area contributed by atoms with Crippen molar-refractivity contribution in [1.29, 1.82) is 0 Å². The summed E-state index contributed by atoms with van der Waals surface area (Å²) >= 11 is 0. The van der Waals surface area contributed by atoms with Gasteiger partial charge in [0.05, 0.1) is 0 Å². The van der Waals surface area contributed by atoms with Crippen LogP contribution in [0.1, 0.15) is 85.5 Å². The lowest BCUT2D eigenvalue weighted by Crippen LogP contribution is -2.34. The van der Waals surface area contributed by atoms with Crippen LogP contribution in [0.25, 0.3) is 0 Å². The summed E-state index contributed by atoms with van der Waals surface area (Å²) in [5, 5.41) is 0. The SMILES string of the molecule is CC(C)C1CCC2CC3CCCC(C)(C)C3CCC2C1. The lowest BCUT2D eigenvalue weighted by atomic mass is 9.61. The van der Waals surface area contributed by atoms with Crippen molar-refractivity contribution >= 4 is 0 Å². The molecule has 0 saturated heterocycles. The molecule has 0 aliphatic heterocycles. The minimum atomic E-state index is 0.633. The Kier molecular flexibility index (Phi) is 4.22. The zero-order valence-corrected chi connectivity index (χ0v) is 14.3. The molecule has 3 rings (SSSR count). The standard InChI is InChI=1S/C20H36/c1-14(2)15-7-8-16-13-18-6-5-11-20(3,4)19(18)10-9-17(16)12-15/h14-19H,5-13H2,1-4H3. The van der Waals surface area contributed by atoms with Gasteiger partial charge in [0.1, 0.15) is 0 Å². The molecule has 0 nitrogen and oxygen atoms in total. The Morgan fingerprint density at radius 2 is 1.50 bits per heavy atom. The first-order valence-corrected chi connectivity index (χ1v) is 9.47. The van der Waals surface area contributed by atoms with E-state index >= 15 is 0 Å². The second-order valence-corrected chi connectivity index (χ2v) is 9.40. The van der Waals surface area contributed by atoms with E-state index in [4.69, 9.17) is 0 Å². The van der Waals surface area contributed by atoms with Crippen molar-refractivity contribution in [2.75, 3.05) is 0 Å². The molecular weight excluding hydrogens is 240 g/mol. The third-order valence-corrected chi connectivity index (χ3v) is 7.55. The highest BCUT2D eigenvalue weighted by Gasteiger charge is 2.44. The molecular formula is C20H36. The molecule has 0 amide bonds. The summed E-state index contributed by atoms with van der Waals surface area (Å²) in [5.41, 5.74) is 0.633. The van der Waals surface area contributed by atoms with Crippen LogP contribution in [-0.4, -0.2) is 0 Å². The van der Waals surface area contributed by atoms with Gasteiger partial charge in [-0.2, -0.15) is 0 Å². The highest BCUT2D eigenvalue weighted by molar-refractivity contribution is 4.94. The first kappa shape index (κ1) is 14.9. The molecule has 0 N–H and O–H groups in total. The van der Waals surface area contributed by atoms with Crippen molar-refractivity contribution in [3.8, 4) is 0 Å². The third kappa shape index (κ3) is 2.81. The maximum Gasteiger partial charge on any atom is -0.0323 e. The van der Waals surface area contributed by atoms with Gasteiger partial charge in [-0.15, -0.1) is 0 Å². The topological polar surface area (TPSA) is 0 Å². The second kappa shape index (κ2) is 5.65. The van der Waals surface area contributed by atoms with Gasteiger partial charge in [0.2, 0.25) is 0 Å². The predicted octanol–water partition coefficient (Wildman–Crippen LogP) is 6.30. The average Bonchev–Trinajstić information content (AvgIpc) is 2.57. The summed E-state index contributed by atoms with van der Waals surface area (Å²) in [5.74, 6) is 6.23. The molecule has 5 atom stereocenters. The van der Waals surface area contributed by atoms with Gasteiger partial charge in [-0.3, -0.25) is 0 Å². The van der Waals surface area contributed by atoms with Crippen molar-refractivity contribution in [3.63, 3.8) is 0 Å². The van der Waals surface area contributed by atoms with Crippen LogP contribution in [0.5, 0.6) is 0 Å².